The van der Waals surface area contributed by atoms with Crippen molar-refractivity contribution in [1.82, 2.24) is 4.90 Å². The second-order valence-corrected chi connectivity index (χ2v) is 17.9. The van der Waals surface area contributed by atoms with E-state index in [-0.39, 0.29) is 35.4 Å². The van der Waals surface area contributed by atoms with E-state index in [2.05, 4.69) is 67.5 Å². The van der Waals surface area contributed by atoms with Gasteiger partial charge in [0.15, 0.2) is 11.1 Å². The summed E-state index contributed by atoms with van der Waals surface area (Å²) < 4.78 is 36.4. The van der Waals surface area contributed by atoms with Crippen LogP contribution in [0, 0.1) is 10.8 Å². The lowest BCUT2D eigenvalue weighted by Crippen LogP contribution is -2.32. The summed E-state index contributed by atoms with van der Waals surface area (Å²) in [6.07, 6.45) is 0. The van der Waals surface area contributed by atoms with Crippen LogP contribution in [0.25, 0.3) is 0 Å². The minimum absolute atomic E-state index is 0.0250. The first-order valence-corrected chi connectivity index (χ1v) is 19.2. The summed E-state index contributed by atoms with van der Waals surface area (Å²) in [4.78, 5) is 23.4. The van der Waals surface area contributed by atoms with E-state index in [1.807, 2.05) is 60.7 Å². The van der Waals surface area contributed by atoms with Crippen LogP contribution in [0.2, 0.25) is 0 Å². The Bertz CT molecular complexity index is 2260. The second-order valence-electron chi connectivity index (χ2n) is 17.0. The molecule has 12 nitrogen and oxygen atoms in total. The molecule has 4 aromatic carbocycles. The molecule has 1 amide bonds. The molecule has 2 spiro atoms. The van der Waals surface area contributed by atoms with Crippen LogP contribution in [0.3, 0.4) is 0 Å². The minimum atomic E-state index is -0.892. The molecule has 0 aromatic heterocycles. The van der Waals surface area contributed by atoms with E-state index in [1.54, 1.807) is 26.2 Å². The van der Waals surface area contributed by atoms with Crippen molar-refractivity contribution < 1.29 is 33.2 Å². The Morgan fingerprint density at radius 3 is 1.50 bits per heavy atom. The Morgan fingerprint density at radius 1 is 0.679 bits per heavy atom. The van der Waals surface area contributed by atoms with Gasteiger partial charge in [-0.1, -0.05) is 57.5 Å². The van der Waals surface area contributed by atoms with E-state index in [0.717, 1.165) is 49.7 Å². The minimum Gasteiger partial charge on any atom is -0.493 e. The summed E-state index contributed by atoms with van der Waals surface area (Å²) in [5.74, 6) is 4.19. The van der Waals surface area contributed by atoms with Gasteiger partial charge in [-0.2, -0.15) is 0 Å². The molecule has 2 atom stereocenters. The third-order valence-corrected chi connectivity index (χ3v) is 10.00. The molecule has 56 heavy (non-hydrogen) atoms. The fraction of sp³-hybridized carbons (Fsp3) is 0.372. The Morgan fingerprint density at radius 2 is 1.09 bits per heavy atom. The summed E-state index contributed by atoms with van der Waals surface area (Å²) in [5, 5.41) is 0. The van der Waals surface area contributed by atoms with Gasteiger partial charge in [-0.3, -0.25) is 4.79 Å². The Balaban J connectivity index is 0.000000173. The number of ether oxygens (including phenoxy) is 6. The normalized spacial score (nSPS) is 19.9. The molecule has 4 aromatic rings. The number of hydrogen-bond donors (Lipinski definition) is 2. The number of nitrogens with two attached hydrogens (primary N) is 2. The van der Waals surface area contributed by atoms with Crippen LogP contribution >= 0.6 is 15.9 Å². The van der Waals surface area contributed by atoms with Crippen LogP contribution in [-0.4, -0.2) is 63.4 Å². The number of benzene rings is 4. The van der Waals surface area contributed by atoms with Crippen LogP contribution in [0.5, 0.6) is 34.5 Å². The molecule has 2 unspecified atom stereocenters. The monoisotopic (exact) mass is 825 g/mol. The molecule has 0 bridgehead atoms. The number of halogens is 1. The number of aliphatic imine (C=N–C) groups is 2. The average Bonchev–Trinajstić information content (AvgIpc) is 3.73. The molecule has 4 aliphatic heterocycles. The van der Waals surface area contributed by atoms with Crippen molar-refractivity contribution in [3.05, 3.63) is 105 Å². The largest absolute Gasteiger partial charge is 0.493 e. The zero-order chi connectivity index (χ0) is 40.2. The van der Waals surface area contributed by atoms with Gasteiger partial charge in [-0.05, 0) is 83.6 Å². The smallest absolute Gasteiger partial charge is 0.283 e. The van der Waals surface area contributed by atoms with Crippen LogP contribution in [0.1, 0.15) is 74.2 Å². The number of carbonyl (C=O) groups is 1. The topological polar surface area (TPSA) is 152 Å². The molecule has 0 saturated heterocycles. The van der Waals surface area contributed by atoms with Crippen molar-refractivity contribution in [1.29, 1.82) is 0 Å². The first-order chi connectivity index (χ1) is 26.4. The molecule has 4 aliphatic rings. The maximum absolute atomic E-state index is 12.6. The fourth-order valence-electron chi connectivity index (χ4n) is 6.81. The quantitative estimate of drug-likeness (QED) is 0.204. The van der Waals surface area contributed by atoms with E-state index in [0.29, 0.717) is 36.9 Å². The van der Waals surface area contributed by atoms with Crippen molar-refractivity contribution in [2.45, 2.75) is 52.6 Å². The number of fused-ring (bicyclic) bond motifs is 8. The molecule has 4 heterocycles. The Hall–Kier alpha value is -5.43. The van der Waals surface area contributed by atoms with Gasteiger partial charge in [0, 0.05) is 46.4 Å². The Labute approximate surface area is 335 Å². The fourth-order valence-corrected chi connectivity index (χ4v) is 7.17. The lowest BCUT2D eigenvalue weighted by molar-refractivity contribution is 0.0827. The maximum atomic E-state index is 12.6. The Kier molecular flexibility index (Phi) is 9.88. The van der Waals surface area contributed by atoms with Gasteiger partial charge in [0.05, 0.1) is 13.2 Å². The van der Waals surface area contributed by atoms with E-state index in [4.69, 9.17) is 39.9 Å². The van der Waals surface area contributed by atoms with Crippen LogP contribution in [0.4, 0.5) is 0 Å². The van der Waals surface area contributed by atoms with E-state index in [9.17, 15) is 4.79 Å². The van der Waals surface area contributed by atoms with Gasteiger partial charge in [0.1, 0.15) is 47.7 Å². The van der Waals surface area contributed by atoms with E-state index < -0.39 is 11.1 Å². The van der Waals surface area contributed by atoms with Crippen LogP contribution in [-0.2, 0) is 20.6 Å². The third kappa shape index (κ3) is 7.56. The lowest BCUT2D eigenvalue weighted by Gasteiger charge is -2.34. The lowest BCUT2D eigenvalue weighted by atomic mass is 9.80. The van der Waals surface area contributed by atoms with Gasteiger partial charge >= 0.3 is 0 Å². The summed E-state index contributed by atoms with van der Waals surface area (Å²) in [7, 11) is 3.44. The number of carbonyl (C=O) groups excluding carboxylic acids is 1. The molecule has 13 heteroatoms. The van der Waals surface area contributed by atoms with Crippen LogP contribution in [0.15, 0.2) is 87.3 Å². The first-order valence-electron chi connectivity index (χ1n) is 18.4. The van der Waals surface area contributed by atoms with Crippen molar-refractivity contribution >= 4 is 33.9 Å². The molecule has 0 radical (unpaired) electrons. The molecular weight excluding hydrogens is 778 g/mol. The van der Waals surface area contributed by atoms with Crippen LogP contribution < -0.4 is 30.4 Å². The molecule has 0 saturated carbocycles. The highest BCUT2D eigenvalue weighted by atomic mass is 79.9. The number of hydrogen-bond acceptors (Lipinski definition) is 11. The highest BCUT2D eigenvalue weighted by Gasteiger charge is 2.49. The summed E-state index contributed by atoms with van der Waals surface area (Å²) in [5.41, 5.74) is 14.2. The number of rotatable bonds is 5. The van der Waals surface area contributed by atoms with Gasteiger partial charge in [0.2, 0.25) is 0 Å². The number of amidine groups is 2. The standard InChI is InChI=1S/C23H27N3O4.C20H21BrN2O3/c1-22(2,3)12-28-15-7-9-19-17(11-15)23(13-29-21(24)25-23)16-10-14(20(27)26(4)5)6-8-18(16)30-19;1-19(2,3)10-24-13-5-7-17-15(9-13)20(11-25-18(22)23-20)14-8-12(21)4-6-16(14)26-17/h6-11H,12-13H2,1-5H3,(H2,24,25);4-9H,10-11H2,1-3H3,(H2,22,23). The SMILES string of the molecule is CC(C)(C)COc1ccc2c(c1)C1(COC(N)=N1)c1cc(Br)ccc1O2.CN(C)C(=O)c1ccc2c(c1)C1(COC(N)=N1)c1cc(OCC(C)(C)C)ccc1O2. The maximum Gasteiger partial charge on any atom is 0.283 e. The molecule has 4 N–H and O–H groups in total. The van der Waals surface area contributed by atoms with E-state index in [1.165, 1.54) is 4.90 Å². The number of nitrogens with zero attached hydrogens (tertiary/aromatic N) is 3. The first kappa shape index (κ1) is 38.8. The molecule has 0 aliphatic carbocycles. The molecule has 294 valence electrons. The second kappa shape index (κ2) is 14.3. The van der Waals surface area contributed by atoms with E-state index >= 15 is 0 Å². The zero-order valence-corrected chi connectivity index (χ0v) is 34.6. The molecule has 0 fully saturated rings. The van der Waals surface area contributed by atoms with Gasteiger partial charge in [-0.15, -0.1) is 0 Å². The molecule has 8 rings (SSSR count). The molecular formula is C43H48BrN5O7. The number of amides is 1. The highest BCUT2D eigenvalue weighted by Crippen LogP contribution is 2.53. The highest BCUT2D eigenvalue weighted by molar-refractivity contribution is 9.10. The van der Waals surface area contributed by atoms with Gasteiger partial charge in [0.25, 0.3) is 18.0 Å². The van der Waals surface area contributed by atoms with Crippen molar-refractivity contribution in [2.75, 3.05) is 40.5 Å². The van der Waals surface area contributed by atoms with Crippen molar-refractivity contribution in [3.63, 3.8) is 0 Å². The summed E-state index contributed by atoms with van der Waals surface area (Å²) >= 11 is 3.54. The summed E-state index contributed by atoms with van der Waals surface area (Å²) in [6, 6.07) is 23.1. The van der Waals surface area contributed by atoms with Gasteiger partial charge in [-0.25, -0.2) is 9.98 Å². The summed E-state index contributed by atoms with van der Waals surface area (Å²) in [6.45, 7) is 14.5. The van der Waals surface area contributed by atoms with Crippen molar-refractivity contribution in [3.8, 4) is 34.5 Å². The average molecular weight is 827 g/mol. The predicted octanol–water partition coefficient (Wildman–Crippen LogP) is 8.08. The third-order valence-electron chi connectivity index (χ3n) is 9.50. The zero-order valence-electron chi connectivity index (χ0n) is 33.0. The van der Waals surface area contributed by atoms with Gasteiger partial charge < -0.3 is 44.8 Å². The predicted molar refractivity (Wildman–Crippen MR) is 218 cm³/mol. The van der Waals surface area contributed by atoms with Crippen molar-refractivity contribution in [2.24, 2.45) is 32.3 Å².